The maximum absolute atomic E-state index is 8.96. The number of hydrogen-bond donors (Lipinski definition) is 5. The van der Waals surface area contributed by atoms with Crippen LogP contribution in [0.2, 0.25) is 0 Å². The van der Waals surface area contributed by atoms with Crippen LogP contribution in [0.25, 0.3) is 0 Å². The third-order valence-corrected chi connectivity index (χ3v) is 1.32. The second-order valence-electron chi connectivity index (χ2n) is 2.09. The topological polar surface area (TPSA) is 114 Å². The van der Waals surface area contributed by atoms with E-state index in [9.17, 15) is 0 Å². The standard InChI is InChI=1S/C6H7NO5/c8-1-2-3(9)4(10)5(11)6(12)7-2/h8-9,11H,1H2,(H2,7,10,12). The second-order valence-corrected chi connectivity index (χ2v) is 2.09. The highest BCUT2D eigenvalue weighted by Gasteiger charge is 2.16. The van der Waals surface area contributed by atoms with E-state index in [4.69, 9.17) is 25.5 Å². The molecule has 66 valence electrons. The molecule has 1 aromatic rings. The largest absolute Gasteiger partial charge is 0.503 e. The van der Waals surface area contributed by atoms with Crippen molar-refractivity contribution in [3.63, 3.8) is 0 Å². The first-order valence-corrected chi connectivity index (χ1v) is 3.01. The van der Waals surface area contributed by atoms with E-state index in [1.54, 1.807) is 0 Å². The van der Waals surface area contributed by atoms with Crippen molar-refractivity contribution >= 4 is 0 Å². The van der Waals surface area contributed by atoms with Crippen molar-refractivity contribution < 1.29 is 25.5 Å². The van der Waals surface area contributed by atoms with Crippen molar-refractivity contribution in [2.75, 3.05) is 0 Å². The summed E-state index contributed by atoms with van der Waals surface area (Å²) in [6.45, 7) is -0.646. The number of aliphatic hydroxyl groups is 1. The van der Waals surface area contributed by atoms with Crippen LogP contribution < -0.4 is 0 Å². The Kier molecular flexibility index (Phi) is 1.92. The molecule has 0 atom stereocenters. The molecule has 0 radical (unpaired) electrons. The molecular formula is C6H7NO5. The van der Waals surface area contributed by atoms with E-state index in [1.807, 2.05) is 0 Å². The number of rotatable bonds is 1. The van der Waals surface area contributed by atoms with Gasteiger partial charge in [-0.05, 0) is 0 Å². The monoisotopic (exact) mass is 173 g/mol. The normalized spacial score (nSPS) is 10.1. The van der Waals surface area contributed by atoms with Gasteiger partial charge in [-0.25, -0.2) is 4.98 Å². The predicted octanol–water partition coefficient (Wildman–Crippen LogP) is -0.604. The summed E-state index contributed by atoms with van der Waals surface area (Å²) in [6.07, 6.45) is 0. The van der Waals surface area contributed by atoms with E-state index in [2.05, 4.69) is 4.98 Å². The Bertz CT molecular complexity index is 311. The Labute approximate surface area is 67.0 Å². The first kappa shape index (κ1) is 8.41. The summed E-state index contributed by atoms with van der Waals surface area (Å²) in [6, 6.07) is 0. The summed E-state index contributed by atoms with van der Waals surface area (Å²) in [5.74, 6) is -3.39. The molecule has 0 saturated carbocycles. The van der Waals surface area contributed by atoms with Crippen molar-refractivity contribution in [1.29, 1.82) is 0 Å². The van der Waals surface area contributed by atoms with E-state index in [0.29, 0.717) is 0 Å². The molecule has 6 nitrogen and oxygen atoms in total. The van der Waals surface area contributed by atoms with Gasteiger partial charge in [0.1, 0.15) is 5.69 Å². The second kappa shape index (κ2) is 2.74. The highest BCUT2D eigenvalue weighted by atomic mass is 16.3. The lowest BCUT2D eigenvalue weighted by Crippen LogP contribution is -1.90. The van der Waals surface area contributed by atoms with Gasteiger partial charge in [0, 0.05) is 0 Å². The van der Waals surface area contributed by atoms with Crippen molar-refractivity contribution in [2.24, 2.45) is 0 Å². The minimum atomic E-state index is -0.912. The van der Waals surface area contributed by atoms with Crippen LogP contribution in [0.5, 0.6) is 23.1 Å². The molecule has 0 amide bonds. The molecule has 0 aliphatic carbocycles. The fraction of sp³-hybridized carbons (Fsp3) is 0.167. The van der Waals surface area contributed by atoms with Crippen molar-refractivity contribution in [3.8, 4) is 23.1 Å². The molecule has 1 aromatic heterocycles. The van der Waals surface area contributed by atoms with Crippen molar-refractivity contribution in [1.82, 2.24) is 4.98 Å². The summed E-state index contributed by atoms with van der Waals surface area (Å²) in [7, 11) is 0. The smallest absolute Gasteiger partial charge is 0.258 e. The van der Waals surface area contributed by atoms with E-state index >= 15 is 0 Å². The lowest BCUT2D eigenvalue weighted by molar-refractivity contribution is 0.260. The van der Waals surface area contributed by atoms with Gasteiger partial charge in [0.15, 0.2) is 5.75 Å². The molecule has 0 bridgehead atoms. The predicted molar refractivity (Wildman–Crippen MR) is 36.8 cm³/mol. The minimum absolute atomic E-state index is 0.303. The van der Waals surface area contributed by atoms with Crippen LogP contribution in [0.4, 0.5) is 0 Å². The lowest BCUT2D eigenvalue weighted by Gasteiger charge is -2.05. The Hall–Kier alpha value is -1.69. The molecule has 0 unspecified atom stereocenters. The van der Waals surface area contributed by atoms with Crippen LogP contribution in [0.15, 0.2) is 0 Å². The molecule has 0 saturated heterocycles. The third kappa shape index (κ3) is 1.08. The van der Waals surface area contributed by atoms with E-state index < -0.39 is 29.7 Å². The quantitative estimate of drug-likeness (QED) is 0.387. The number of aromatic nitrogens is 1. The van der Waals surface area contributed by atoms with Gasteiger partial charge in [-0.3, -0.25) is 0 Å². The van der Waals surface area contributed by atoms with Crippen LogP contribution in [0, 0.1) is 0 Å². The van der Waals surface area contributed by atoms with Crippen molar-refractivity contribution in [3.05, 3.63) is 5.69 Å². The van der Waals surface area contributed by atoms with Gasteiger partial charge < -0.3 is 25.5 Å². The molecule has 0 aliphatic rings. The van der Waals surface area contributed by atoms with Gasteiger partial charge in [0.2, 0.25) is 11.5 Å². The molecule has 0 spiro atoms. The zero-order chi connectivity index (χ0) is 9.30. The Balaban J connectivity index is 3.39. The highest BCUT2D eigenvalue weighted by Crippen LogP contribution is 2.41. The highest BCUT2D eigenvalue weighted by molar-refractivity contribution is 5.54. The molecule has 0 fully saturated rings. The van der Waals surface area contributed by atoms with Crippen LogP contribution in [0.1, 0.15) is 5.69 Å². The van der Waals surface area contributed by atoms with Gasteiger partial charge in [-0.1, -0.05) is 0 Å². The van der Waals surface area contributed by atoms with Gasteiger partial charge >= 0.3 is 0 Å². The molecule has 0 aromatic carbocycles. The van der Waals surface area contributed by atoms with Crippen LogP contribution in [-0.2, 0) is 6.61 Å². The SMILES string of the molecule is OCc1nc(O)c(O)c(O)c1O. The van der Waals surface area contributed by atoms with E-state index in [-0.39, 0.29) is 5.69 Å². The van der Waals surface area contributed by atoms with E-state index in [1.165, 1.54) is 0 Å². The van der Waals surface area contributed by atoms with Gasteiger partial charge in [-0.15, -0.1) is 0 Å². The maximum atomic E-state index is 8.96. The van der Waals surface area contributed by atoms with Gasteiger partial charge in [-0.2, -0.15) is 0 Å². The summed E-state index contributed by atoms with van der Waals surface area (Å²) in [4.78, 5) is 3.20. The summed E-state index contributed by atoms with van der Waals surface area (Å²) in [5.41, 5.74) is -0.303. The average Bonchev–Trinajstić information content (AvgIpc) is 2.08. The third-order valence-electron chi connectivity index (χ3n) is 1.32. The minimum Gasteiger partial charge on any atom is -0.503 e. The average molecular weight is 173 g/mol. The number of aliphatic hydroxyl groups excluding tert-OH is 1. The molecule has 12 heavy (non-hydrogen) atoms. The van der Waals surface area contributed by atoms with Gasteiger partial charge in [0.05, 0.1) is 6.61 Å². The number of pyridine rings is 1. The number of hydrogen-bond acceptors (Lipinski definition) is 6. The fourth-order valence-electron chi connectivity index (χ4n) is 0.699. The molecule has 5 N–H and O–H groups in total. The summed E-state index contributed by atoms with van der Waals surface area (Å²) in [5, 5.41) is 44.0. The van der Waals surface area contributed by atoms with Crippen molar-refractivity contribution in [2.45, 2.75) is 6.61 Å². The van der Waals surface area contributed by atoms with Crippen LogP contribution in [-0.4, -0.2) is 30.5 Å². The number of aromatic hydroxyl groups is 4. The summed E-state index contributed by atoms with van der Waals surface area (Å²) < 4.78 is 0. The maximum Gasteiger partial charge on any atom is 0.258 e. The first-order valence-electron chi connectivity index (χ1n) is 3.01. The van der Waals surface area contributed by atoms with Gasteiger partial charge in [0.25, 0.3) is 5.88 Å². The molecule has 6 heteroatoms. The zero-order valence-corrected chi connectivity index (χ0v) is 5.89. The first-order chi connectivity index (χ1) is 5.57. The van der Waals surface area contributed by atoms with Crippen LogP contribution >= 0.6 is 0 Å². The molecule has 1 rings (SSSR count). The Morgan fingerprint density at radius 1 is 0.917 bits per heavy atom. The molecular weight excluding hydrogens is 166 g/mol. The zero-order valence-electron chi connectivity index (χ0n) is 5.89. The molecule has 1 heterocycles. The number of nitrogens with zero attached hydrogens (tertiary/aromatic N) is 1. The summed E-state index contributed by atoms with van der Waals surface area (Å²) >= 11 is 0. The lowest BCUT2D eigenvalue weighted by atomic mass is 10.3. The Morgan fingerprint density at radius 2 is 1.50 bits per heavy atom. The fourth-order valence-corrected chi connectivity index (χ4v) is 0.699. The Morgan fingerprint density at radius 3 is 2.00 bits per heavy atom. The molecule has 0 aliphatic heterocycles. The van der Waals surface area contributed by atoms with Crippen LogP contribution in [0.3, 0.4) is 0 Å². The van der Waals surface area contributed by atoms with E-state index in [0.717, 1.165) is 0 Å².